The molecule has 0 amide bonds. The van der Waals surface area contributed by atoms with Crippen molar-refractivity contribution in [1.82, 2.24) is 5.32 Å². The zero-order chi connectivity index (χ0) is 13.1. The predicted molar refractivity (Wildman–Crippen MR) is 74.7 cm³/mol. The van der Waals surface area contributed by atoms with Gasteiger partial charge in [0.2, 0.25) is 0 Å². The number of halogens is 2. The summed E-state index contributed by atoms with van der Waals surface area (Å²) in [6, 6.07) is 5.24. The molecule has 0 aromatic heterocycles. The van der Waals surface area contributed by atoms with Crippen LogP contribution in [0.2, 0.25) is 0 Å². The van der Waals surface area contributed by atoms with Crippen LogP contribution in [-0.2, 0) is 6.42 Å². The Kier molecular flexibility index (Phi) is 5.14. The van der Waals surface area contributed by atoms with E-state index in [4.69, 9.17) is 0 Å². The van der Waals surface area contributed by atoms with Crippen molar-refractivity contribution in [2.45, 2.75) is 39.7 Å². The average Bonchev–Trinajstić information content (AvgIpc) is 2.20. The first kappa shape index (κ1) is 14.7. The van der Waals surface area contributed by atoms with Gasteiger partial charge in [0.25, 0.3) is 0 Å². The lowest BCUT2D eigenvalue weighted by atomic mass is 9.99. The van der Waals surface area contributed by atoms with Gasteiger partial charge in [-0.05, 0) is 73.3 Å². The molecule has 1 aromatic carbocycles. The first-order valence-corrected chi connectivity index (χ1v) is 6.76. The van der Waals surface area contributed by atoms with Crippen LogP contribution < -0.4 is 5.32 Å². The highest BCUT2D eigenvalue weighted by molar-refractivity contribution is 9.10. The van der Waals surface area contributed by atoms with Crippen LogP contribution in [0.15, 0.2) is 22.7 Å². The lowest BCUT2D eigenvalue weighted by Gasteiger charge is -2.23. The summed E-state index contributed by atoms with van der Waals surface area (Å²) >= 11 is 3.22. The molecule has 0 bridgehead atoms. The van der Waals surface area contributed by atoms with Crippen LogP contribution in [0.4, 0.5) is 4.39 Å². The van der Waals surface area contributed by atoms with Crippen molar-refractivity contribution in [2.75, 3.05) is 6.54 Å². The standard InChI is InChI=1S/C14H21BrFN/c1-10(9-17-14(2,3)4)7-11-5-6-13(16)12(15)8-11/h5-6,8,10,17H,7,9H2,1-4H3. The Morgan fingerprint density at radius 2 is 2.00 bits per heavy atom. The van der Waals surface area contributed by atoms with Crippen LogP contribution in [0, 0.1) is 11.7 Å². The van der Waals surface area contributed by atoms with E-state index < -0.39 is 0 Å². The molecule has 1 nitrogen and oxygen atoms in total. The molecule has 0 fully saturated rings. The molecule has 3 heteroatoms. The van der Waals surface area contributed by atoms with Crippen LogP contribution >= 0.6 is 15.9 Å². The molecule has 0 heterocycles. The molecule has 96 valence electrons. The Morgan fingerprint density at radius 3 is 2.53 bits per heavy atom. The molecule has 0 aliphatic carbocycles. The van der Waals surface area contributed by atoms with Crippen molar-refractivity contribution in [1.29, 1.82) is 0 Å². The summed E-state index contributed by atoms with van der Waals surface area (Å²) in [7, 11) is 0. The second-order valence-corrected chi connectivity index (χ2v) is 6.54. The molecule has 0 saturated carbocycles. The van der Waals surface area contributed by atoms with Crippen LogP contribution in [0.3, 0.4) is 0 Å². The van der Waals surface area contributed by atoms with Gasteiger partial charge in [-0.25, -0.2) is 4.39 Å². The third kappa shape index (κ3) is 5.64. The van der Waals surface area contributed by atoms with Crippen LogP contribution in [0.25, 0.3) is 0 Å². The molecule has 0 aliphatic heterocycles. The Bertz CT molecular complexity index is 371. The van der Waals surface area contributed by atoms with Gasteiger partial charge < -0.3 is 5.32 Å². The third-order valence-corrected chi connectivity index (χ3v) is 3.16. The molecule has 17 heavy (non-hydrogen) atoms. The summed E-state index contributed by atoms with van der Waals surface area (Å²) in [5, 5.41) is 3.48. The van der Waals surface area contributed by atoms with Gasteiger partial charge in [0.1, 0.15) is 5.82 Å². The minimum absolute atomic E-state index is 0.150. The molecule has 1 N–H and O–H groups in total. The number of rotatable bonds is 4. The summed E-state index contributed by atoms with van der Waals surface area (Å²) < 4.78 is 13.6. The molecule has 1 unspecified atom stereocenters. The van der Waals surface area contributed by atoms with Crippen molar-refractivity contribution >= 4 is 15.9 Å². The van der Waals surface area contributed by atoms with Gasteiger partial charge in [0, 0.05) is 5.54 Å². The highest BCUT2D eigenvalue weighted by Crippen LogP contribution is 2.19. The molecular formula is C14H21BrFN. The first-order valence-electron chi connectivity index (χ1n) is 5.97. The maximum absolute atomic E-state index is 13.1. The maximum Gasteiger partial charge on any atom is 0.137 e. The average molecular weight is 302 g/mol. The Labute approximate surface area is 112 Å². The van der Waals surface area contributed by atoms with Crippen molar-refractivity contribution in [2.24, 2.45) is 5.92 Å². The Morgan fingerprint density at radius 1 is 1.35 bits per heavy atom. The summed E-state index contributed by atoms with van der Waals surface area (Å²) in [5.74, 6) is 0.334. The quantitative estimate of drug-likeness (QED) is 0.881. The summed E-state index contributed by atoms with van der Waals surface area (Å²) in [4.78, 5) is 0. The van der Waals surface area contributed by atoms with Crippen LogP contribution in [-0.4, -0.2) is 12.1 Å². The molecule has 1 atom stereocenters. The highest BCUT2D eigenvalue weighted by Gasteiger charge is 2.12. The van der Waals surface area contributed by atoms with E-state index in [0.29, 0.717) is 10.4 Å². The van der Waals surface area contributed by atoms with E-state index in [-0.39, 0.29) is 11.4 Å². The minimum atomic E-state index is -0.200. The number of nitrogens with one attached hydrogen (secondary N) is 1. The predicted octanol–water partition coefficient (Wildman–Crippen LogP) is 4.15. The van der Waals surface area contributed by atoms with E-state index in [1.165, 1.54) is 11.6 Å². The monoisotopic (exact) mass is 301 g/mol. The Balaban J connectivity index is 2.50. The van der Waals surface area contributed by atoms with E-state index in [1.54, 1.807) is 0 Å². The fraction of sp³-hybridized carbons (Fsp3) is 0.571. The van der Waals surface area contributed by atoms with Crippen molar-refractivity contribution in [3.05, 3.63) is 34.1 Å². The van der Waals surface area contributed by atoms with Crippen LogP contribution in [0.5, 0.6) is 0 Å². The number of hydrogen-bond acceptors (Lipinski definition) is 1. The lowest BCUT2D eigenvalue weighted by Crippen LogP contribution is -2.39. The fourth-order valence-corrected chi connectivity index (χ4v) is 2.05. The van der Waals surface area contributed by atoms with Gasteiger partial charge in [0.15, 0.2) is 0 Å². The number of hydrogen-bond donors (Lipinski definition) is 1. The van der Waals surface area contributed by atoms with Crippen molar-refractivity contribution < 1.29 is 4.39 Å². The molecule has 0 saturated heterocycles. The molecule has 1 rings (SSSR count). The SMILES string of the molecule is CC(CNC(C)(C)C)Cc1ccc(F)c(Br)c1. The second kappa shape index (κ2) is 5.96. The van der Waals surface area contributed by atoms with E-state index >= 15 is 0 Å². The minimum Gasteiger partial charge on any atom is -0.312 e. The fourth-order valence-electron chi connectivity index (χ4n) is 1.62. The molecule has 0 radical (unpaired) electrons. The molecule has 0 spiro atoms. The second-order valence-electron chi connectivity index (χ2n) is 5.69. The molecule has 1 aromatic rings. The zero-order valence-corrected chi connectivity index (χ0v) is 12.6. The van der Waals surface area contributed by atoms with Crippen LogP contribution in [0.1, 0.15) is 33.3 Å². The van der Waals surface area contributed by atoms with Gasteiger partial charge in [-0.15, -0.1) is 0 Å². The van der Waals surface area contributed by atoms with Gasteiger partial charge in [-0.1, -0.05) is 13.0 Å². The summed E-state index contributed by atoms with van der Waals surface area (Å²) in [5.41, 5.74) is 1.32. The van der Waals surface area contributed by atoms with Crippen molar-refractivity contribution in [3.8, 4) is 0 Å². The van der Waals surface area contributed by atoms with E-state index in [1.807, 2.05) is 12.1 Å². The third-order valence-electron chi connectivity index (χ3n) is 2.55. The van der Waals surface area contributed by atoms with E-state index in [2.05, 4.69) is 48.9 Å². The lowest BCUT2D eigenvalue weighted by molar-refractivity contribution is 0.381. The number of benzene rings is 1. The smallest absolute Gasteiger partial charge is 0.137 e. The van der Waals surface area contributed by atoms with Gasteiger partial charge >= 0.3 is 0 Å². The summed E-state index contributed by atoms with van der Waals surface area (Å²) in [6.07, 6.45) is 0.960. The topological polar surface area (TPSA) is 12.0 Å². The van der Waals surface area contributed by atoms with Gasteiger partial charge in [-0.3, -0.25) is 0 Å². The van der Waals surface area contributed by atoms with E-state index in [9.17, 15) is 4.39 Å². The van der Waals surface area contributed by atoms with E-state index in [0.717, 1.165) is 13.0 Å². The zero-order valence-electron chi connectivity index (χ0n) is 11.0. The normalized spacial score (nSPS) is 13.8. The van der Waals surface area contributed by atoms with Crippen molar-refractivity contribution in [3.63, 3.8) is 0 Å². The largest absolute Gasteiger partial charge is 0.312 e. The van der Waals surface area contributed by atoms with Gasteiger partial charge in [0.05, 0.1) is 4.47 Å². The summed E-state index contributed by atoms with van der Waals surface area (Å²) in [6.45, 7) is 9.66. The first-order chi connectivity index (χ1) is 7.78. The molecule has 0 aliphatic rings. The highest BCUT2D eigenvalue weighted by atomic mass is 79.9. The maximum atomic E-state index is 13.1. The van der Waals surface area contributed by atoms with Gasteiger partial charge in [-0.2, -0.15) is 0 Å². The Hall–Kier alpha value is -0.410. The molecular weight excluding hydrogens is 281 g/mol.